The quantitative estimate of drug-likeness (QED) is 0.637. The van der Waals surface area contributed by atoms with E-state index in [0.717, 1.165) is 30.3 Å². The lowest BCUT2D eigenvalue weighted by Gasteiger charge is -2.03. The van der Waals surface area contributed by atoms with Crippen molar-refractivity contribution in [2.24, 2.45) is 0 Å². The molecule has 0 unspecified atom stereocenters. The molecule has 2 aromatic rings. The molecule has 100 valence electrons. The van der Waals surface area contributed by atoms with Gasteiger partial charge in [-0.25, -0.2) is 9.78 Å². The van der Waals surface area contributed by atoms with Crippen LogP contribution in [0.4, 0.5) is 0 Å². The number of carboxylic acid groups (broad SMARTS) is 1. The lowest BCUT2D eigenvalue weighted by molar-refractivity contribution is -0.132. The van der Waals surface area contributed by atoms with Crippen LogP contribution in [-0.2, 0) is 4.79 Å². The normalized spacial score (nSPS) is 11.9. The van der Waals surface area contributed by atoms with Crippen molar-refractivity contribution in [2.75, 3.05) is 0 Å². The molecule has 0 saturated heterocycles. The van der Waals surface area contributed by atoms with E-state index >= 15 is 0 Å². The first kappa shape index (κ1) is 13.3. The highest BCUT2D eigenvalue weighted by atomic mass is 16.4. The molecule has 0 radical (unpaired) electrons. The zero-order valence-corrected chi connectivity index (χ0v) is 11.0. The number of carbonyl (C=O) groups is 1. The summed E-state index contributed by atoms with van der Waals surface area (Å²) in [6.45, 7) is 2.10. The molecule has 0 amide bonds. The molecule has 1 aromatic heterocycles. The number of unbranched alkanes of at least 4 members (excludes halogenated alkanes) is 2. The Labute approximate surface area is 112 Å². The molecule has 1 heterocycles. The summed E-state index contributed by atoms with van der Waals surface area (Å²) in [6, 6.07) is 7.69. The zero-order valence-electron chi connectivity index (χ0n) is 11.0. The summed E-state index contributed by atoms with van der Waals surface area (Å²) in [5.41, 5.74) is 2.23. The fourth-order valence-electron chi connectivity index (χ4n) is 2.04. The number of nitrogens with zero attached hydrogens (tertiary/aromatic N) is 2. The van der Waals surface area contributed by atoms with Gasteiger partial charge in [0.15, 0.2) is 0 Å². The van der Waals surface area contributed by atoms with Gasteiger partial charge < -0.3 is 9.67 Å². The van der Waals surface area contributed by atoms with E-state index in [4.69, 9.17) is 0 Å². The Morgan fingerprint density at radius 2 is 2.16 bits per heavy atom. The van der Waals surface area contributed by atoms with Crippen LogP contribution >= 0.6 is 0 Å². The van der Waals surface area contributed by atoms with Crippen LogP contribution in [-0.4, -0.2) is 20.6 Å². The molecule has 0 spiro atoms. The van der Waals surface area contributed by atoms with E-state index in [-0.39, 0.29) is 0 Å². The lowest BCUT2D eigenvalue weighted by Crippen LogP contribution is -2.02. The van der Waals surface area contributed by atoms with Crippen molar-refractivity contribution in [1.29, 1.82) is 0 Å². The molecule has 19 heavy (non-hydrogen) atoms. The third-order valence-corrected chi connectivity index (χ3v) is 3.10. The van der Waals surface area contributed by atoms with Gasteiger partial charge in [-0.2, -0.15) is 0 Å². The van der Waals surface area contributed by atoms with Crippen molar-refractivity contribution in [3.63, 3.8) is 0 Å². The third-order valence-electron chi connectivity index (χ3n) is 3.10. The van der Waals surface area contributed by atoms with Gasteiger partial charge >= 0.3 is 5.97 Å². The Balaban J connectivity index is 2.27. The van der Waals surface area contributed by atoms with Gasteiger partial charge in [0, 0.05) is 6.20 Å². The minimum atomic E-state index is -0.853. The molecule has 1 N–H and O–H groups in total. The highest BCUT2D eigenvalue weighted by Crippen LogP contribution is 2.16. The molecule has 4 heteroatoms. The highest BCUT2D eigenvalue weighted by Gasteiger charge is 2.08. The molecule has 0 aliphatic rings. The molecular weight excluding hydrogens is 240 g/mol. The first-order chi connectivity index (χ1) is 9.22. The summed E-state index contributed by atoms with van der Waals surface area (Å²) in [5.74, 6) is -0.853. The van der Waals surface area contributed by atoms with Gasteiger partial charge in [0.2, 0.25) is 0 Å². The fraction of sp³-hybridized carbons (Fsp3) is 0.333. The first-order valence-corrected chi connectivity index (χ1v) is 6.58. The summed E-state index contributed by atoms with van der Waals surface area (Å²) in [6.07, 6.45) is 6.97. The molecule has 0 aliphatic carbocycles. The van der Waals surface area contributed by atoms with E-state index in [0.29, 0.717) is 12.0 Å². The largest absolute Gasteiger partial charge is 0.478 e. The van der Waals surface area contributed by atoms with Crippen molar-refractivity contribution in [2.45, 2.75) is 32.6 Å². The van der Waals surface area contributed by atoms with Gasteiger partial charge in [0.1, 0.15) is 0 Å². The smallest absolute Gasteiger partial charge is 0.333 e. The van der Waals surface area contributed by atoms with Crippen molar-refractivity contribution < 1.29 is 9.90 Å². The maximum atomic E-state index is 11.3. The second kappa shape index (κ2) is 6.18. The maximum Gasteiger partial charge on any atom is 0.333 e. The van der Waals surface area contributed by atoms with Crippen molar-refractivity contribution in [3.8, 4) is 0 Å². The minimum absolute atomic E-state index is 0.427. The second-order valence-corrected chi connectivity index (χ2v) is 4.56. The first-order valence-electron chi connectivity index (χ1n) is 6.58. The van der Waals surface area contributed by atoms with Crippen LogP contribution in [0.25, 0.3) is 17.2 Å². The third kappa shape index (κ3) is 3.22. The van der Waals surface area contributed by atoms with E-state index in [2.05, 4.69) is 11.9 Å². The summed E-state index contributed by atoms with van der Waals surface area (Å²) < 4.78 is 1.78. The Morgan fingerprint density at radius 1 is 1.37 bits per heavy atom. The molecule has 1 aromatic carbocycles. The van der Waals surface area contributed by atoms with E-state index in [9.17, 15) is 9.90 Å². The van der Waals surface area contributed by atoms with Crippen LogP contribution in [0, 0.1) is 0 Å². The minimum Gasteiger partial charge on any atom is -0.478 e. The topological polar surface area (TPSA) is 55.1 Å². The summed E-state index contributed by atoms with van der Waals surface area (Å²) in [4.78, 5) is 15.5. The number of rotatable bonds is 6. The number of carboxylic acids is 1. The molecule has 0 aliphatic heterocycles. The van der Waals surface area contributed by atoms with E-state index in [1.807, 2.05) is 24.3 Å². The van der Waals surface area contributed by atoms with Crippen LogP contribution in [0.1, 0.15) is 32.6 Å². The SMILES string of the molecule is CCCCCC(=Cn1cnc2ccccc21)C(=O)O. The van der Waals surface area contributed by atoms with Gasteiger partial charge in [-0.15, -0.1) is 0 Å². The number of hydrogen-bond acceptors (Lipinski definition) is 2. The lowest BCUT2D eigenvalue weighted by atomic mass is 10.1. The Morgan fingerprint density at radius 3 is 2.89 bits per heavy atom. The Hall–Kier alpha value is -2.10. The highest BCUT2D eigenvalue weighted by molar-refractivity contribution is 5.91. The summed E-state index contributed by atoms with van der Waals surface area (Å²) in [7, 11) is 0. The number of imidazole rings is 1. The van der Waals surface area contributed by atoms with Crippen LogP contribution in [0.2, 0.25) is 0 Å². The fourth-order valence-corrected chi connectivity index (χ4v) is 2.04. The number of aromatic nitrogens is 2. The number of hydrogen-bond donors (Lipinski definition) is 1. The number of benzene rings is 1. The number of aliphatic carboxylic acids is 1. The standard InChI is InChI=1S/C15H18N2O2/c1-2-3-4-7-12(15(18)19)10-17-11-16-13-8-5-6-9-14(13)17/h5-6,8-11H,2-4,7H2,1H3,(H,18,19). The monoisotopic (exact) mass is 258 g/mol. The van der Waals surface area contributed by atoms with Crippen molar-refractivity contribution >= 4 is 23.2 Å². The van der Waals surface area contributed by atoms with Gasteiger partial charge in [-0.05, 0) is 25.0 Å². The van der Waals surface area contributed by atoms with E-state index in [1.165, 1.54) is 0 Å². The number of fused-ring (bicyclic) bond motifs is 1. The van der Waals surface area contributed by atoms with E-state index < -0.39 is 5.97 Å². The maximum absolute atomic E-state index is 11.3. The molecular formula is C15H18N2O2. The van der Waals surface area contributed by atoms with Crippen LogP contribution in [0.5, 0.6) is 0 Å². The van der Waals surface area contributed by atoms with Gasteiger partial charge in [0.05, 0.1) is 22.9 Å². The van der Waals surface area contributed by atoms with Crippen molar-refractivity contribution in [3.05, 3.63) is 36.2 Å². The molecule has 4 nitrogen and oxygen atoms in total. The predicted octanol–water partition coefficient (Wildman–Crippen LogP) is 3.54. The molecule has 0 fully saturated rings. The molecule has 0 bridgehead atoms. The van der Waals surface area contributed by atoms with Crippen molar-refractivity contribution in [1.82, 2.24) is 9.55 Å². The average molecular weight is 258 g/mol. The average Bonchev–Trinajstić information content (AvgIpc) is 2.81. The molecule has 2 rings (SSSR count). The van der Waals surface area contributed by atoms with Crippen LogP contribution < -0.4 is 0 Å². The van der Waals surface area contributed by atoms with Crippen LogP contribution in [0.15, 0.2) is 36.2 Å². The predicted molar refractivity (Wildman–Crippen MR) is 75.8 cm³/mol. The Kier molecular flexibility index (Phi) is 4.34. The van der Waals surface area contributed by atoms with Gasteiger partial charge in [0.25, 0.3) is 0 Å². The molecule has 0 atom stereocenters. The molecule has 0 saturated carbocycles. The summed E-state index contributed by atoms with van der Waals surface area (Å²) in [5, 5.41) is 9.24. The van der Waals surface area contributed by atoms with Crippen LogP contribution in [0.3, 0.4) is 0 Å². The summed E-state index contributed by atoms with van der Waals surface area (Å²) >= 11 is 0. The van der Waals surface area contributed by atoms with Gasteiger partial charge in [-0.1, -0.05) is 31.9 Å². The Bertz CT molecular complexity index is 599. The van der Waals surface area contributed by atoms with E-state index in [1.54, 1.807) is 17.1 Å². The zero-order chi connectivity index (χ0) is 13.7. The number of para-hydroxylation sites is 2. The second-order valence-electron chi connectivity index (χ2n) is 4.56. The van der Waals surface area contributed by atoms with Gasteiger partial charge in [-0.3, -0.25) is 0 Å².